The van der Waals surface area contributed by atoms with Crippen LogP contribution in [0.15, 0.2) is 75.0 Å². The number of benzene rings is 2. The number of amides is 1. The summed E-state index contributed by atoms with van der Waals surface area (Å²) in [6.07, 6.45) is 1.07. The van der Waals surface area contributed by atoms with E-state index in [0.717, 1.165) is 5.56 Å². The van der Waals surface area contributed by atoms with E-state index in [0.29, 0.717) is 38.6 Å². The molecule has 3 heterocycles. The number of nitrogens with one attached hydrogen (secondary N) is 1. The van der Waals surface area contributed by atoms with E-state index < -0.39 is 6.17 Å². The lowest BCUT2D eigenvalue weighted by Gasteiger charge is -2.29. The predicted octanol–water partition coefficient (Wildman–Crippen LogP) is 4.27. The first kappa shape index (κ1) is 20.5. The summed E-state index contributed by atoms with van der Waals surface area (Å²) in [5.74, 6) is 0.907. The van der Waals surface area contributed by atoms with Crippen LogP contribution in [0.2, 0.25) is 5.02 Å². The summed E-state index contributed by atoms with van der Waals surface area (Å²) in [6.45, 7) is 1.49. The Bertz CT molecular complexity index is 1400. The first-order chi connectivity index (χ1) is 15.5. The van der Waals surface area contributed by atoms with Gasteiger partial charge in [0.25, 0.3) is 0 Å². The number of furan rings is 1. The van der Waals surface area contributed by atoms with Gasteiger partial charge in [0.15, 0.2) is 5.76 Å². The molecule has 2 aromatic carbocycles. The molecule has 0 bridgehead atoms. The van der Waals surface area contributed by atoms with Crippen molar-refractivity contribution in [1.82, 2.24) is 10.1 Å². The van der Waals surface area contributed by atoms with Crippen molar-refractivity contribution in [2.45, 2.75) is 18.2 Å². The van der Waals surface area contributed by atoms with Gasteiger partial charge in [-0.3, -0.25) is 14.6 Å². The lowest BCUT2D eigenvalue weighted by Crippen LogP contribution is -2.60. The largest absolute Gasteiger partial charge is 0.452 e. The number of anilines is 1. The van der Waals surface area contributed by atoms with Gasteiger partial charge in [0.2, 0.25) is 11.1 Å². The van der Waals surface area contributed by atoms with E-state index in [-0.39, 0.29) is 11.5 Å². The van der Waals surface area contributed by atoms with Crippen LogP contribution in [0.1, 0.15) is 18.8 Å². The summed E-state index contributed by atoms with van der Waals surface area (Å²) in [7, 11) is 0. The summed E-state index contributed by atoms with van der Waals surface area (Å²) in [5, 5.41) is 5.70. The smallest absolute Gasteiger partial charge is 0.325 e. The number of H-pyrrole nitrogens is 1. The summed E-state index contributed by atoms with van der Waals surface area (Å²) < 4.78 is 7.77. The number of rotatable bonds is 3. The highest BCUT2D eigenvalue weighted by Gasteiger charge is 2.46. The molecule has 5 rings (SSSR count). The molecule has 1 aliphatic heterocycles. The zero-order chi connectivity index (χ0) is 22.4. The molecule has 32 heavy (non-hydrogen) atoms. The molecule has 0 saturated heterocycles. The number of hydrogen-bond donors (Lipinski definition) is 1. The number of carbonyl (C=O) groups is 1. The highest BCUT2D eigenvalue weighted by atomic mass is 35.5. The summed E-state index contributed by atoms with van der Waals surface area (Å²) in [6, 6.07) is 18.2. The number of nitrogens with zero attached hydrogens (tertiary/aromatic N) is 3. The monoisotopic (exact) mass is 465 g/mol. The van der Waals surface area contributed by atoms with E-state index in [2.05, 4.69) is 10.1 Å². The molecule has 2 aromatic heterocycles. The molecule has 9 heteroatoms. The molecule has 0 fully saturated rings. The first-order valence-corrected chi connectivity index (χ1v) is 11.4. The third kappa shape index (κ3) is 3.32. The van der Waals surface area contributed by atoms with Gasteiger partial charge in [0, 0.05) is 22.6 Å². The van der Waals surface area contributed by atoms with Crippen LogP contribution in [0.4, 0.5) is 5.69 Å². The lowest BCUT2D eigenvalue weighted by molar-refractivity contribution is -0.764. The molecule has 0 aliphatic carbocycles. The van der Waals surface area contributed by atoms with Gasteiger partial charge in [-0.05, 0) is 59.5 Å². The van der Waals surface area contributed by atoms with E-state index in [4.69, 9.17) is 16.0 Å². The van der Waals surface area contributed by atoms with Crippen LogP contribution in [0.3, 0.4) is 0 Å². The number of hydrogen-bond acceptors (Lipinski definition) is 5. The van der Waals surface area contributed by atoms with Crippen LogP contribution >= 0.6 is 23.4 Å². The predicted molar refractivity (Wildman–Crippen MR) is 123 cm³/mol. The molecular formula is C23H18ClN4O3S+. The Morgan fingerprint density at radius 1 is 1.16 bits per heavy atom. The molecular weight excluding hydrogens is 448 g/mol. The van der Waals surface area contributed by atoms with Gasteiger partial charge in [-0.2, -0.15) is 0 Å². The van der Waals surface area contributed by atoms with Gasteiger partial charge in [-0.15, -0.1) is 0 Å². The second kappa shape index (κ2) is 7.96. The van der Waals surface area contributed by atoms with Crippen molar-refractivity contribution in [3.8, 4) is 22.6 Å². The van der Waals surface area contributed by atoms with E-state index in [1.54, 1.807) is 27.8 Å². The van der Waals surface area contributed by atoms with Crippen LogP contribution in [0.5, 0.6) is 0 Å². The molecule has 1 N–H and O–H groups in total. The first-order valence-electron chi connectivity index (χ1n) is 9.83. The maximum atomic E-state index is 13.0. The van der Waals surface area contributed by atoms with Crippen molar-refractivity contribution in [3.05, 3.63) is 81.8 Å². The SMILES string of the molecule is CSc1n[n+]2c(c(=O)[nH]1)-c1ccccc1N(C(C)=O)[C@H]2c1ccc(-c2ccc(Cl)cc2)o1. The average molecular weight is 466 g/mol. The van der Waals surface area contributed by atoms with Crippen LogP contribution in [-0.2, 0) is 4.79 Å². The Balaban J connectivity index is 1.74. The van der Waals surface area contributed by atoms with Crippen molar-refractivity contribution in [1.29, 1.82) is 0 Å². The number of thioether (sulfide) groups is 1. The van der Waals surface area contributed by atoms with E-state index in [9.17, 15) is 9.59 Å². The second-order valence-electron chi connectivity index (χ2n) is 7.25. The van der Waals surface area contributed by atoms with Gasteiger partial charge < -0.3 is 4.42 Å². The molecule has 0 saturated carbocycles. The number of fused-ring (bicyclic) bond motifs is 3. The van der Waals surface area contributed by atoms with Gasteiger partial charge in [0.05, 0.1) is 11.3 Å². The highest BCUT2D eigenvalue weighted by molar-refractivity contribution is 7.98. The van der Waals surface area contributed by atoms with E-state index >= 15 is 0 Å². The second-order valence-corrected chi connectivity index (χ2v) is 8.48. The Hall–Kier alpha value is -3.36. The van der Waals surface area contributed by atoms with Gasteiger partial charge >= 0.3 is 17.4 Å². The van der Waals surface area contributed by atoms with Gasteiger partial charge in [-0.25, -0.2) is 4.90 Å². The minimum absolute atomic E-state index is 0.196. The summed E-state index contributed by atoms with van der Waals surface area (Å²) >= 11 is 7.32. The fraction of sp³-hybridized carbons (Fsp3) is 0.130. The number of aromatic amines is 1. The third-order valence-corrected chi connectivity index (χ3v) is 6.12. The molecule has 160 valence electrons. The molecule has 4 aromatic rings. The minimum Gasteiger partial charge on any atom is -0.452 e. The molecule has 1 aliphatic rings. The molecule has 0 radical (unpaired) electrons. The van der Waals surface area contributed by atoms with Crippen LogP contribution < -0.4 is 15.1 Å². The van der Waals surface area contributed by atoms with Crippen molar-refractivity contribution in [2.75, 3.05) is 11.2 Å². The average Bonchev–Trinajstić information content (AvgIpc) is 3.27. The third-order valence-electron chi connectivity index (χ3n) is 5.30. The van der Waals surface area contributed by atoms with Crippen LogP contribution in [0.25, 0.3) is 22.6 Å². The van der Waals surface area contributed by atoms with Crippen LogP contribution in [0, 0.1) is 0 Å². The molecule has 7 nitrogen and oxygen atoms in total. The Morgan fingerprint density at radius 3 is 2.62 bits per heavy atom. The number of aromatic nitrogens is 3. The topological polar surface area (TPSA) is 83.1 Å². The van der Waals surface area contributed by atoms with E-state index in [1.807, 2.05) is 48.7 Å². The number of para-hydroxylation sites is 1. The fourth-order valence-electron chi connectivity index (χ4n) is 3.92. The van der Waals surface area contributed by atoms with Gasteiger partial charge in [-0.1, -0.05) is 35.5 Å². The maximum absolute atomic E-state index is 13.0. The van der Waals surface area contributed by atoms with Crippen LogP contribution in [-0.4, -0.2) is 22.2 Å². The molecule has 1 atom stereocenters. The number of halogens is 1. The Morgan fingerprint density at radius 2 is 1.91 bits per heavy atom. The Kier molecular flexibility index (Phi) is 5.11. The quantitative estimate of drug-likeness (QED) is 0.361. The molecule has 1 amide bonds. The zero-order valence-corrected chi connectivity index (χ0v) is 18.8. The fourth-order valence-corrected chi connectivity index (χ4v) is 4.41. The molecule has 0 unspecified atom stereocenters. The van der Waals surface area contributed by atoms with E-state index in [1.165, 1.54) is 18.7 Å². The minimum atomic E-state index is -0.758. The molecule has 0 spiro atoms. The van der Waals surface area contributed by atoms with Crippen molar-refractivity contribution in [2.24, 2.45) is 0 Å². The normalized spacial score (nSPS) is 14.7. The maximum Gasteiger partial charge on any atom is 0.325 e. The Labute approximate surface area is 192 Å². The van der Waals surface area contributed by atoms with Crippen molar-refractivity contribution >= 4 is 35.0 Å². The highest BCUT2D eigenvalue weighted by Crippen LogP contribution is 2.38. The summed E-state index contributed by atoms with van der Waals surface area (Å²) in [4.78, 5) is 30.3. The standard InChI is InChI=1S/C23H17ClN4O3S/c1-13(29)27-17-6-4-3-5-16(17)20-21(30)25-23(32-2)26-28(20)22(27)19-12-11-18(31-19)14-7-9-15(24)10-8-14/h3-12,22H,1-2H3/p+1/t22-/m1/s1. The van der Waals surface area contributed by atoms with Crippen molar-refractivity contribution < 1.29 is 13.9 Å². The summed E-state index contributed by atoms with van der Waals surface area (Å²) in [5.41, 5.74) is 2.18. The zero-order valence-electron chi connectivity index (χ0n) is 17.2. The number of carbonyl (C=O) groups excluding carboxylic acids is 1. The lowest BCUT2D eigenvalue weighted by atomic mass is 10.0. The van der Waals surface area contributed by atoms with Gasteiger partial charge in [0.1, 0.15) is 5.76 Å². The van der Waals surface area contributed by atoms with Crippen molar-refractivity contribution in [3.63, 3.8) is 0 Å².